The molecule has 0 saturated heterocycles. The fourth-order valence-corrected chi connectivity index (χ4v) is 5.84. The minimum Gasteiger partial charge on any atom is -0.496 e. The molecule has 2 aromatic carbocycles. The number of rotatable bonds is 20. The summed E-state index contributed by atoms with van der Waals surface area (Å²) in [5, 5.41) is 0. The topological polar surface area (TPSA) is 42.7 Å². The number of carbonyl (C=O) groups is 1. The Morgan fingerprint density at radius 2 is 1.36 bits per heavy atom. The number of para-hydroxylation sites is 2. The van der Waals surface area contributed by atoms with Gasteiger partial charge in [0.05, 0.1) is 19.3 Å². The summed E-state index contributed by atoms with van der Waals surface area (Å²) in [5.74, 6) is 1.44. The lowest BCUT2D eigenvalue weighted by Crippen LogP contribution is -2.32. The number of hydrogen-bond acceptors (Lipinski definition) is 3. The summed E-state index contributed by atoms with van der Waals surface area (Å²) in [4.78, 5) is 16.0. The normalized spacial score (nSPS) is 11.4. The zero-order valence-corrected chi connectivity index (χ0v) is 29.1. The molecular weight excluding hydrogens is 556 g/mol. The van der Waals surface area contributed by atoms with Crippen LogP contribution in [-0.2, 0) is 25.6 Å². The molecule has 0 fully saturated rings. The smallest absolute Gasteiger partial charge is 0.258 e. The van der Waals surface area contributed by atoms with E-state index in [1.807, 2.05) is 53.2 Å². The first-order valence-corrected chi connectivity index (χ1v) is 17.4. The number of aromatic nitrogens is 1. The highest BCUT2D eigenvalue weighted by Crippen LogP contribution is 2.36. The average Bonchev–Trinajstić information content (AvgIpc) is 3.03. The van der Waals surface area contributed by atoms with Crippen LogP contribution < -0.4 is 14.0 Å². The molecule has 0 spiro atoms. The molecule has 0 aliphatic rings. The molecule has 1 aromatic heterocycles. The van der Waals surface area contributed by atoms with Gasteiger partial charge in [-0.25, -0.2) is 4.57 Å². The summed E-state index contributed by atoms with van der Waals surface area (Å²) in [6, 6.07) is 18.0. The molecule has 246 valence electrons. The summed E-state index contributed by atoms with van der Waals surface area (Å²) in [6.45, 7) is 10.6. The third-order valence-corrected chi connectivity index (χ3v) is 8.56. The maximum Gasteiger partial charge on any atom is 0.258 e. The maximum absolute atomic E-state index is 14.1. The zero-order chi connectivity index (χ0) is 32.5. The van der Waals surface area contributed by atoms with E-state index in [9.17, 15) is 4.79 Å². The fraction of sp³-hybridized carbons (Fsp3) is 0.550. The van der Waals surface area contributed by atoms with Crippen LogP contribution in [0.5, 0.6) is 11.5 Å². The number of nitrogens with zero attached hydrogens (tertiary/aromatic N) is 2. The largest absolute Gasteiger partial charge is 0.496 e. The van der Waals surface area contributed by atoms with E-state index >= 15 is 0 Å². The molecule has 45 heavy (non-hydrogen) atoms. The van der Waals surface area contributed by atoms with E-state index in [2.05, 4.69) is 58.0 Å². The lowest BCUT2D eigenvalue weighted by atomic mass is 9.85. The van der Waals surface area contributed by atoms with Crippen molar-refractivity contribution >= 4 is 5.91 Å². The molecule has 0 aliphatic heterocycles. The van der Waals surface area contributed by atoms with Crippen LogP contribution in [-0.4, -0.2) is 24.5 Å². The Kier molecular flexibility index (Phi) is 15.4. The zero-order valence-electron chi connectivity index (χ0n) is 29.1. The predicted octanol–water partition coefficient (Wildman–Crippen LogP) is 9.74. The van der Waals surface area contributed by atoms with Gasteiger partial charge >= 0.3 is 0 Å². The molecular formula is C40H59N2O3+. The first-order valence-electron chi connectivity index (χ1n) is 17.4. The van der Waals surface area contributed by atoms with Gasteiger partial charge in [0.1, 0.15) is 18.5 Å². The van der Waals surface area contributed by atoms with Crippen molar-refractivity contribution in [2.75, 3.05) is 13.7 Å². The molecule has 0 aliphatic carbocycles. The number of methoxy groups -OCH3 is 1. The lowest BCUT2D eigenvalue weighted by molar-refractivity contribution is -0.671. The van der Waals surface area contributed by atoms with Gasteiger partial charge in [-0.05, 0) is 35.1 Å². The van der Waals surface area contributed by atoms with Gasteiger partial charge in [0, 0.05) is 30.8 Å². The van der Waals surface area contributed by atoms with Crippen molar-refractivity contribution < 1.29 is 18.8 Å². The standard InChI is InChI=1S/C40H59N2O3/c1-7-8-9-10-11-12-13-14-15-16-17-20-30-45-38-34(22-21-24-36(38)40(2,3)4)32-42(31-33-26-28-41(5)29-27-33)39(43)35-23-18-19-25-37(35)44-6/h18-19,21-29H,7-17,20,30-32H2,1-6H3/q+1. The van der Waals surface area contributed by atoms with Crippen LogP contribution in [0.4, 0.5) is 0 Å². The number of benzene rings is 2. The molecule has 1 amide bonds. The van der Waals surface area contributed by atoms with Crippen molar-refractivity contribution in [2.24, 2.45) is 7.05 Å². The Morgan fingerprint density at radius 1 is 0.756 bits per heavy atom. The SMILES string of the molecule is CCCCCCCCCCCCCCOc1c(CN(Cc2cc[n+](C)cc2)C(=O)c2ccccc2OC)cccc1C(C)(C)C. The van der Waals surface area contributed by atoms with Crippen molar-refractivity contribution in [1.82, 2.24) is 4.90 Å². The third-order valence-electron chi connectivity index (χ3n) is 8.56. The van der Waals surface area contributed by atoms with Gasteiger partial charge in [0.25, 0.3) is 5.91 Å². The highest BCUT2D eigenvalue weighted by molar-refractivity contribution is 5.97. The van der Waals surface area contributed by atoms with Gasteiger partial charge in [0.2, 0.25) is 0 Å². The number of hydrogen-bond donors (Lipinski definition) is 0. The molecule has 1 heterocycles. The van der Waals surface area contributed by atoms with Gasteiger partial charge < -0.3 is 14.4 Å². The van der Waals surface area contributed by atoms with Crippen LogP contribution in [0.2, 0.25) is 0 Å². The van der Waals surface area contributed by atoms with Crippen LogP contribution in [0.15, 0.2) is 67.0 Å². The third kappa shape index (κ3) is 12.2. The fourth-order valence-electron chi connectivity index (χ4n) is 5.84. The van der Waals surface area contributed by atoms with Gasteiger partial charge in [-0.3, -0.25) is 4.79 Å². The second-order valence-corrected chi connectivity index (χ2v) is 13.5. The molecule has 5 heteroatoms. The molecule has 0 saturated carbocycles. The number of unbranched alkanes of at least 4 members (excludes halogenated alkanes) is 11. The number of amides is 1. The molecule has 0 radical (unpaired) electrons. The highest BCUT2D eigenvalue weighted by atomic mass is 16.5. The maximum atomic E-state index is 14.1. The number of pyridine rings is 1. The van der Waals surface area contributed by atoms with E-state index in [0.717, 1.165) is 23.3 Å². The van der Waals surface area contributed by atoms with E-state index in [0.29, 0.717) is 31.0 Å². The molecule has 0 N–H and O–H groups in total. The average molecular weight is 616 g/mol. The number of ether oxygens (including phenoxy) is 2. The number of aryl methyl sites for hydroxylation is 1. The first kappa shape index (κ1) is 36.1. The minimum absolute atomic E-state index is 0.0613. The Labute approximate surface area is 274 Å². The van der Waals surface area contributed by atoms with Crippen LogP contribution in [0.1, 0.15) is 132 Å². The van der Waals surface area contributed by atoms with Crippen LogP contribution in [0.3, 0.4) is 0 Å². The molecule has 0 atom stereocenters. The van der Waals surface area contributed by atoms with E-state index in [-0.39, 0.29) is 11.3 Å². The van der Waals surface area contributed by atoms with E-state index < -0.39 is 0 Å². The van der Waals surface area contributed by atoms with Crippen LogP contribution in [0, 0.1) is 0 Å². The first-order chi connectivity index (χ1) is 21.7. The molecule has 5 nitrogen and oxygen atoms in total. The summed E-state index contributed by atoms with van der Waals surface area (Å²) in [7, 11) is 3.61. The quantitative estimate of drug-likeness (QED) is 0.0939. The molecule has 0 bridgehead atoms. The van der Waals surface area contributed by atoms with E-state index in [1.54, 1.807) is 7.11 Å². The van der Waals surface area contributed by atoms with Gasteiger partial charge in [-0.2, -0.15) is 0 Å². The minimum atomic E-state index is -0.0897. The Morgan fingerprint density at radius 3 is 1.96 bits per heavy atom. The summed E-state index contributed by atoms with van der Waals surface area (Å²) in [6.07, 6.45) is 19.9. The summed E-state index contributed by atoms with van der Waals surface area (Å²) < 4.78 is 14.2. The molecule has 3 aromatic rings. The number of carbonyl (C=O) groups excluding carboxylic acids is 1. The monoisotopic (exact) mass is 615 g/mol. The van der Waals surface area contributed by atoms with Gasteiger partial charge in [0.15, 0.2) is 12.4 Å². The second kappa shape index (κ2) is 19.2. The summed E-state index contributed by atoms with van der Waals surface area (Å²) in [5.41, 5.74) is 3.75. The molecule has 0 unspecified atom stereocenters. The van der Waals surface area contributed by atoms with E-state index in [4.69, 9.17) is 9.47 Å². The Hall–Kier alpha value is -3.34. The van der Waals surface area contributed by atoms with Crippen LogP contribution in [0.25, 0.3) is 0 Å². The highest BCUT2D eigenvalue weighted by Gasteiger charge is 2.25. The van der Waals surface area contributed by atoms with Crippen molar-refractivity contribution in [3.8, 4) is 11.5 Å². The van der Waals surface area contributed by atoms with Crippen molar-refractivity contribution in [2.45, 2.75) is 123 Å². The predicted molar refractivity (Wildman–Crippen MR) is 186 cm³/mol. The van der Waals surface area contributed by atoms with Gasteiger partial charge in [-0.1, -0.05) is 129 Å². The Bertz CT molecular complexity index is 1280. The van der Waals surface area contributed by atoms with Gasteiger partial charge in [-0.15, -0.1) is 0 Å². The van der Waals surface area contributed by atoms with Crippen molar-refractivity contribution in [1.29, 1.82) is 0 Å². The van der Waals surface area contributed by atoms with Crippen molar-refractivity contribution in [3.63, 3.8) is 0 Å². The van der Waals surface area contributed by atoms with Crippen molar-refractivity contribution in [3.05, 3.63) is 89.2 Å². The summed E-state index contributed by atoms with van der Waals surface area (Å²) >= 11 is 0. The van der Waals surface area contributed by atoms with Crippen LogP contribution >= 0.6 is 0 Å². The second-order valence-electron chi connectivity index (χ2n) is 13.5. The molecule has 3 rings (SSSR count). The lowest BCUT2D eigenvalue weighted by Gasteiger charge is -2.28. The Balaban J connectivity index is 1.69. The van der Waals surface area contributed by atoms with E-state index in [1.165, 1.54) is 76.2 Å².